The van der Waals surface area contributed by atoms with Gasteiger partial charge in [-0.1, -0.05) is 60.7 Å². The van der Waals surface area contributed by atoms with Gasteiger partial charge in [-0.3, -0.25) is 4.79 Å². The molecule has 25 heavy (non-hydrogen) atoms. The lowest BCUT2D eigenvalue weighted by molar-refractivity contribution is -0.148. The van der Waals surface area contributed by atoms with E-state index in [1.165, 1.54) is 0 Å². The van der Waals surface area contributed by atoms with Crippen molar-refractivity contribution in [3.05, 3.63) is 71.8 Å². The van der Waals surface area contributed by atoms with Gasteiger partial charge in [-0.05, 0) is 24.5 Å². The summed E-state index contributed by atoms with van der Waals surface area (Å²) in [6.07, 6.45) is 0.585. The normalized spacial score (nSPS) is 12.9. The molecular weight excluding hydrogens is 334 g/mol. The topological polar surface area (TPSA) is 55.4 Å². The average Bonchev–Trinajstić information content (AvgIpc) is 2.65. The van der Waals surface area contributed by atoms with E-state index in [9.17, 15) is 9.59 Å². The van der Waals surface area contributed by atoms with Gasteiger partial charge in [0.05, 0.1) is 5.92 Å². The predicted octanol–water partition coefficient (Wildman–Crippen LogP) is 3.02. The van der Waals surface area contributed by atoms with Crippen LogP contribution in [0.15, 0.2) is 60.7 Å². The molecule has 1 N–H and O–H groups in total. The predicted molar refractivity (Wildman–Crippen MR) is 101 cm³/mol. The number of rotatable bonds is 8. The first kappa shape index (κ1) is 19.1. The summed E-state index contributed by atoms with van der Waals surface area (Å²) < 4.78 is 5.25. The highest BCUT2D eigenvalue weighted by molar-refractivity contribution is 7.80. The van der Waals surface area contributed by atoms with Gasteiger partial charge in [0, 0.05) is 5.75 Å². The van der Waals surface area contributed by atoms with Crippen LogP contribution in [0.5, 0.6) is 0 Å². The Bertz CT molecular complexity index is 676. The van der Waals surface area contributed by atoms with Crippen molar-refractivity contribution in [2.45, 2.75) is 26.0 Å². The Kier molecular flexibility index (Phi) is 7.54. The van der Waals surface area contributed by atoms with Crippen LogP contribution in [-0.4, -0.2) is 23.7 Å². The standard InChI is InChI=1S/C20H23NO3S/c1-15(20(23)24-13-17-10-6-3-7-11-17)21-19(22)18(14-25)12-16-8-4-2-5-9-16/h2-11,15,18,25H,12-14H2,1H3,(H,21,22). The third-order valence-electron chi connectivity index (χ3n) is 3.85. The molecule has 2 aromatic rings. The number of hydrogen-bond donors (Lipinski definition) is 2. The average molecular weight is 357 g/mol. The number of carbonyl (C=O) groups excluding carboxylic acids is 2. The summed E-state index contributed by atoms with van der Waals surface area (Å²) in [5.41, 5.74) is 1.97. The Morgan fingerprint density at radius 2 is 1.56 bits per heavy atom. The van der Waals surface area contributed by atoms with Crippen LogP contribution in [-0.2, 0) is 27.4 Å². The van der Waals surface area contributed by atoms with E-state index < -0.39 is 12.0 Å². The van der Waals surface area contributed by atoms with Crippen molar-refractivity contribution in [2.75, 3.05) is 5.75 Å². The van der Waals surface area contributed by atoms with Gasteiger partial charge in [-0.15, -0.1) is 0 Å². The van der Waals surface area contributed by atoms with Crippen LogP contribution in [0.3, 0.4) is 0 Å². The van der Waals surface area contributed by atoms with Gasteiger partial charge in [0.1, 0.15) is 12.6 Å². The smallest absolute Gasteiger partial charge is 0.328 e. The molecule has 2 unspecified atom stereocenters. The number of nitrogens with one attached hydrogen (secondary N) is 1. The van der Waals surface area contributed by atoms with E-state index in [1.807, 2.05) is 60.7 Å². The van der Waals surface area contributed by atoms with Crippen molar-refractivity contribution in [2.24, 2.45) is 5.92 Å². The molecule has 0 aliphatic carbocycles. The van der Waals surface area contributed by atoms with Crippen LogP contribution >= 0.6 is 12.6 Å². The molecule has 2 atom stereocenters. The number of esters is 1. The SMILES string of the molecule is CC(NC(=O)C(CS)Cc1ccccc1)C(=O)OCc1ccccc1. The molecule has 0 saturated carbocycles. The first-order valence-corrected chi connectivity index (χ1v) is 8.89. The molecule has 0 spiro atoms. The fourth-order valence-electron chi connectivity index (χ4n) is 2.38. The molecule has 0 fully saturated rings. The van der Waals surface area contributed by atoms with E-state index >= 15 is 0 Å². The van der Waals surface area contributed by atoms with Gasteiger partial charge in [0.2, 0.25) is 5.91 Å². The molecule has 5 heteroatoms. The fourth-order valence-corrected chi connectivity index (χ4v) is 2.68. The highest BCUT2D eigenvalue weighted by atomic mass is 32.1. The third kappa shape index (κ3) is 6.27. The number of thiol groups is 1. The number of hydrogen-bond acceptors (Lipinski definition) is 4. The van der Waals surface area contributed by atoms with Crippen LogP contribution in [0.1, 0.15) is 18.1 Å². The quantitative estimate of drug-likeness (QED) is 0.564. The zero-order valence-electron chi connectivity index (χ0n) is 14.2. The maximum atomic E-state index is 12.4. The van der Waals surface area contributed by atoms with Crippen molar-refractivity contribution in [1.29, 1.82) is 0 Å². The van der Waals surface area contributed by atoms with E-state index in [0.29, 0.717) is 12.2 Å². The second-order valence-corrected chi connectivity index (χ2v) is 6.26. The van der Waals surface area contributed by atoms with Crippen LogP contribution in [0.25, 0.3) is 0 Å². The van der Waals surface area contributed by atoms with Crippen LogP contribution in [0.2, 0.25) is 0 Å². The van der Waals surface area contributed by atoms with Crippen molar-refractivity contribution in [3.63, 3.8) is 0 Å². The summed E-state index contributed by atoms with van der Waals surface area (Å²) in [6.45, 7) is 1.82. The molecule has 132 valence electrons. The highest BCUT2D eigenvalue weighted by Gasteiger charge is 2.23. The summed E-state index contributed by atoms with van der Waals surface area (Å²) in [5, 5.41) is 2.72. The second kappa shape index (κ2) is 9.89. The number of ether oxygens (including phenoxy) is 1. The molecular formula is C20H23NO3S. The van der Waals surface area contributed by atoms with Gasteiger partial charge >= 0.3 is 5.97 Å². The maximum absolute atomic E-state index is 12.4. The summed E-state index contributed by atoms with van der Waals surface area (Å²) in [7, 11) is 0. The van der Waals surface area contributed by atoms with Gasteiger partial charge in [-0.2, -0.15) is 12.6 Å². The molecule has 0 aromatic heterocycles. The first-order valence-electron chi connectivity index (χ1n) is 8.26. The van der Waals surface area contributed by atoms with Crippen LogP contribution in [0, 0.1) is 5.92 Å². The van der Waals surface area contributed by atoms with Gasteiger partial charge in [0.15, 0.2) is 0 Å². The highest BCUT2D eigenvalue weighted by Crippen LogP contribution is 2.11. The molecule has 2 rings (SSSR count). The maximum Gasteiger partial charge on any atom is 0.328 e. The minimum atomic E-state index is -0.700. The summed E-state index contributed by atoms with van der Waals surface area (Å²) in [4.78, 5) is 24.5. The molecule has 4 nitrogen and oxygen atoms in total. The Hall–Kier alpha value is -2.27. The Morgan fingerprint density at radius 3 is 2.12 bits per heavy atom. The third-order valence-corrected chi connectivity index (χ3v) is 4.29. The van der Waals surface area contributed by atoms with Gasteiger partial charge in [-0.25, -0.2) is 4.79 Å². The second-order valence-electron chi connectivity index (χ2n) is 5.89. The fraction of sp³-hybridized carbons (Fsp3) is 0.300. The lowest BCUT2D eigenvalue weighted by atomic mass is 10.00. The Morgan fingerprint density at radius 1 is 1.00 bits per heavy atom. The molecule has 2 aromatic carbocycles. The number of amides is 1. The minimum absolute atomic E-state index is 0.192. The summed E-state index contributed by atoms with van der Waals surface area (Å²) in [6, 6.07) is 18.5. The van der Waals surface area contributed by atoms with Crippen molar-refractivity contribution >= 4 is 24.5 Å². The van der Waals surface area contributed by atoms with E-state index in [4.69, 9.17) is 4.74 Å². The Labute approximate surface area is 154 Å². The minimum Gasteiger partial charge on any atom is -0.459 e. The van der Waals surface area contributed by atoms with Gasteiger partial charge in [0.25, 0.3) is 0 Å². The van der Waals surface area contributed by atoms with Crippen molar-refractivity contribution < 1.29 is 14.3 Å². The number of carbonyl (C=O) groups is 2. The van der Waals surface area contributed by atoms with Crippen molar-refractivity contribution in [3.8, 4) is 0 Å². The molecule has 0 radical (unpaired) electrons. The number of benzene rings is 2. The molecule has 0 aliphatic heterocycles. The van der Waals surface area contributed by atoms with E-state index in [1.54, 1.807) is 6.92 Å². The van der Waals surface area contributed by atoms with E-state index in [-0.39, 0.29) is 18.4 Å². The van der Waals surface area contributed by atoms with Crippen molar-refractivity contribution in [1.82, 2.24) is 5.32 Å². The zero-order chi connectivity index (χ0) is 18.1. The monoisotopic (exact) mass is 357 g/mol. The van der Waals surface area contributed by atoms with E-state index in [2.05, 4.69) is 17.9 Å². The summed E-state index contributed by atoms with van der Waals surface area (Å²) in [5.74, 6) is -0.528. The lowest BCUT2D eigenvalue weighted by Crippen LogP contribution is -2.43. The largest absolute Gasteiger partial charge is 0.459 e. The summed E-state index contributed by atoms with van der Waals surface area (Å²) >= 11 is 4.27. The van der Waals surface area contributed by atoms with E-state index in [0.717, 1.165) is 11.1 Å². The molecule has 0 aliphatic rings. The molecule has 0 bridgehead atoms. The van der Waals surface area contributed by atoms with Gasteiger partial charge < -0.3 is 10.1 Å². The molecule has 0 heterocycles. The molecule has 0 saturated heterocycles. The first-order chi connectivity index (χ1) is 12.1. The lowest BCUT2D eigenvalue weighted by Gasteiger charge is -2.18. The molecule has 1 amide bonds. The van der Waals surface area contributed by atoms with Crippen LogP contribution in [0.4, 0.5) is 0 Å². The van der Waals surface area contributed by atoms with Crippen LogP contribution < -0.4 is 5.32 Å². The zero-order valence-corrected chi connectivity index (χ0v) is 15.1. The Balaban J connectivity index is 1.83.